The van der Waals surface area contributed by atoms with E-state index in [1.165, 1.54) is 0 Å². The molecule has 420 valence electrons. The number of halogens is 4. The summed E-state index contributed by atoms with van der Waals surface area (Å²) in [5.41, 5.74) is 2.34. The first-order chi connectivity index (χ1) is 37.1. The second kappa shape index (κ2) is 35.7. The first-order valence-corrected chi connectivity index (χ1v) is 28.5. The van der Waals surface area contributed by atoms with E-state index in [2.05, 4.69) is 47.6 Å². The number of ether oxygens (including phenoxy) is 10. The van der Waals surface area contributed by atoms with Gasteiger partial charge in [0, 0.05) is 32.4 Å². The number of benzene rings is 2. The molecule has 5 aromatic rings. The van der Waals surface area contributed by atoms with Crippen molar-refractivity contribution in [1.29, 1.82) is 0 Å². The smallest absolute Gasteiger partial charge is 0.313 e. The highest BCUT2D eigenvalue weighted by atomic mass is 35.5. The first kappa shape index (κ1) is 61.4. The van der Waals surface area contributed by atoms with Crippen LogP contribution in [0.25, 0.3) is 11.0 Å². The van der Waals surface area contributed by atoms with Gasteiger partial charge in [-0.3, -0.25) is 4.79 Å². The number of anilines is 1. The van der Waals surface area contributed by atoms with Gasteiger partial charge in [-0.15, -0.1) is 5.10 Å². The Bertz CT molecular complexity index is 2410. The second-order valence-electron chi connectivity index (χ2n) is 16.4. The molecule has 0 aliphatic carbocycles. The van der Waals surface area contributed by atoms with Crippen LogP contribution in [0.2, 0.25) is 5.28 Å². The van der Waals surface area contributed by atoms with Crippen molar-refractivity contribution in [1.82, 2.24) is 34.7 Å². The lowest BCUT2D eigenvalue weighted by molar-refractivity contribution is -0.136. The van der Waals surface area contributed by atoms with Gasteiger partial charge in [-0.05, 0) is 30.0 Å². The zero-order valence-corrected chi connectivity index (χ0v) is 45.2. The molecule has 3 aromatic heterocycles. The molecule has 4 heterocycles. The fraction of sp³-hybridized carbons (Fsp3) is 0.574. The fourth-order valence-electron chi connectivity index (χ4n) is 7.07. The number of carbonyl (C=O) groups excluding carboxylic acids is 1. The number of thioether (sulfide) groups is 1. The fourth-order valence-corrected chi connectivity index (χ4v) is 9.28. The molecule has 0 amide bonds. The van der Waals surface area contributed by atoms with Crippen molar-refractivity contribution in [3.05, 3.63) is 88.9 Å². The number of fused-ring (bicyclic) bond motifs is 1. The molecule has 0 saturated carbocycles. The molecule has 22 nitrogen and oxygen atoms in total. The maximum absolute atomic E-state index is 13.6. The lowest BCUT2D eigenvalue weighted by Crippen LogP contribution is -2.17. The van der Waals surface area contributed by atoms with Gasteiger partial charge in [0.2, 0.25) is 11.0 Å². The van der Waals surface area contributed by atoms with Gasteiger partial charge in [-0.25, -0.2) is 22.5 Å². The van der Waals surface area contributed by atoms with E-state index < -0.39 is 37.5 Å². The minimum Gasteiger partial charge on any atom is -0.420 e. The molecular formula is C47H64ClF3N8O14P2S. The van der Waals surface area contributed by atoms with E-state index in [0.29, 0.717) is 135 Å². The molecule has 1 aliphatic rings. The predicted molar refractivity (Wildman–Crippen MR) is 276 cm³/mol. The van der Waals surface area contributed by atoms with Crippen molar-refractivity contribution >= 4 is 63.4 Å². The van der Waals surface area contributed by atoms with Crippen LogP contribution in [0.15, 0.2) is 54.9 Å². The maximum atomic E-state index is 13.6. The number of nitrogens with one attached hydrogen (secondary N) is 1. The molecule has 0 radical (unpaired) electrons. The average Bonchev–Trinajstić information content (AvgIpc) is 4.18. The van der Waals surface area contributed by atoms with Crippen LogP contribution in [0.5, 0.6) is 5.75 Å². The second-order valence-corrected chi connectivity index (χ2v) is 20.4. The van der Waals surface area contributed by atoms with Gasteiger partial charge in [-0.2, -0.15) is 26.8 Å². The van der Waals surface area contributed by atoms with Crippen molar-refractivity contribution in [2.75, 3.05) is 128 Å². The summed E-state index contributed by atoms with van der Waals surface area (Å²) in [6, 6.07) is 10.9. The third-order valence-corrected chi connectivity index (χ3v) is 13.9. The number of hydrogen-bond acceptors (Lipinski definition) is 21. The largest absolute Gasteiger partial charge is 0.420 e. The zero-order valence-electron chi connectivity index (χ0n) is 41.7. The molecule has 0 spiro atoms. The molecule has 0 bridgehead atoms. The van der Waals surface area contributed by atoms with Crippen LogP contribution < -0.4 is 10.1 Å². The van der Waals surface area contributed by atoms with Crippen LogP contribution >= 0.6 is 40.5 Å². The Balaban J connectivity index is 0.712. The molecule has 1 aliphatic heterocycles. The highest BCUT2D eigenvalue weighted by molar-refractivity contribution is 7.99. The maximum Gasteiger partial charge on any atom is 0.313 e. The lowest BCUT2D eigenvalue weighted by Gasteiger charge is -2.20. The Kier molecular flexibility index (Phi) is 28.8. The number of carbonyl (C=O) groups is 1. The third-order valence-electron chi connectivity index (χ3n) is 10.7. The molecular weight excluding hydrogens is 1090 g/mol. The van der Waals surface area contributed by atoms with Gasteiger partial charge in [0.15, 0.2) is 31.9 Å². The molecule has 1 saturated heterocycles. The third kappa shape index (κ3) is 22.9. The van der Waals surface area contributed by atoms with Crippen LogP contribution in [-0.4, -0.2) is 180 Å². The van der Waals surface area contributed by atoms with E-state index >= 15 is 0 Å². The van der Waals surface area contributed by atoms with E-state index in [9.17, 15) is 18.0 Å². The predicted octanol–water partition coefficient (Wildman–Crippen LogP) is 6.25. The van der Waals surface area contributed by atoms with Crippen molar-refractivity contribution in [2.45, 2.75) is 50.8 Å². The highest BCUT2D eigenvalue weighted by Gasteiger charge is 2.30. The van der Waals surface area contributed by atoms with Crippen LogP contribution in [0.1, 0.15) is 42.8 Å². The van der Waals surface area contributed by atoms with Crippen molar-refractivity contribution < 1.29 is 79.6 Å². The normalized spacial score (nSPS) is 15.2. The van der Waals surface area contributed by atoms with Crippen molar-refractivity contribution in [2.24, 2.45) is 0 Å². The van der Waals surface area contributed by atoms with Gasteiger partial charge in [0.25, 0.3) is 0 Å². The Morgan fingerprint density at radius 2 is 1.47 bits per heavy atom. The minimum absolute atomic E-state index is 0.00344. The van der Waals surface area contributed by atoms with E-state index in [1.54, 1.807) is 33.5 Å². The van der Waals surface area contributed by atoms with Crippen molar-refractivity contribution in [3.8, 4) is 5.75 Å². The lowest BCUT2D eigenvalue weighted by atomic mass is 10.1. The Morgan fingerprint density at radius 1 is 0.842 bits per heavy atom. The van der Waals surface area contributed by atoms with Gasteiger partial charge in [-0.1, -0.05) is 35.5 Å². The first-order valence-electron chi connectivity index (χ1n) is 24.4. The monoisotopic (exact) mass is 1150 g/mol. The van der Waals surface area contributed by atoms with Crippen LogP contribution in [-0.2, 0) is 65.1 Å². The van der Waals surface area contributed by atoms with Gasteiger partial charge in [0.1, 0.15) is 17.3 Å². The molecule has 76 heavy (non-hydrogen) atoms. The summed E-state index contributed by atoms with van der Waals surface area (Å²) >= 11 is 8.22. The summed E-state index contributed by atoms with van der Waals surface area (Å²) < 4.78 is 104. The van der Waals surface area contributed by atoms with Crippen LogP contribution in [0.4, 0.5) is 19.0 Å². The SMILES string of the molecule is O=C(CCOCCOCCOCCOCCn1cc(COCCOCCOCCOCCSCC(Nc2nc(Cl)nc3c2cnn3C2CCC(COPCP(O)O)O2)c2ccccc2)nn1)Oc1c(F)cc(F)cc1F. The summed E-state index contributed by atoms with van der Waals surface area (Å²) in [5, 5.41) is 17.2. The summed E-state index contributed by atoms with van der Waals surface area (Å²) in [5.74, 6) is -3.30. The quantitative estimate of drug-likeness (QED) is 0.0129. The summed E-state index contributed by atoms with van der Waals surface area (Å²) in [7, 11) is -1.96. The molecule has 29 heteroatoms. The summed E-state index contributed by atoms with van der Waals surface area (Å²) in [4.78, 5) is 39.1. The van der Waals surface area contributed by atoms with Crippen molar-refractivity contribution in [3.63, 3.8) is 0 Å². The number of esters is 1. The number of nitrogens with zero attached hydrogens (tertiary/aromatic N) is 7. The minimum atomic E-state index is -1.97. The highest BCUT2D eigenvalue weighted by Crippen LogP contribution is 2.36. The number of rotatable bonds is 41. The Hall–Kier alpha value is -3.79. The van der Waals surface area contributed by atoms with E-state index in [0.717, 1.165) is 28.9 Å². The van der Waals surface area contributed by atoms with Crippen LogP contribution in [0.3, 0.4) is 0 Å². The molecule has 2 aromatic carbocycles. The summed E-state index contributed by atoms with van der Waals surface area (Å²) in [6.45, 7) is 6.52. The molecule has 4 atom stereocenters. The van der Waals surface area contributed by atoms with Gasteiger partial charge in [0.05, 0.1) is 161 Å². The topological polar surface area (TPSA) is 245 Å². The standard InChI is InChI=1S/C47H64ClF3N8O14P2S/c48-47-54-45(38-28-52-59(46(38)55-47)42-7-6-37(72-42)31-71-74-33-75(61)62)53-41(34-4-2-1-3-5-34)32-76-25-24-69-21-20-67-18-19-68-22-23-70-30-36-29-58(57-56-36)9-11-64-13-15-66-17-16-65-14-12-63-10-8-43(60)73-44-39(50)26-35(49)27-40(44)51/h1-5,26-29,37,41-42,61-62,74H,6-25,30-33H2,(H,53,54,55). The average molecular weight is 1150 g/mol. The molecule has 3 N–H and O–H groups in total. The van der Waals surface area contributed by atoms with E-state index in [-0.39, 0.29) is 64.6 Å². The summed E-state index contributed by atoms with van der Waals surface area (Å²) in [6.07, 6.45) is 4.26. The van der Waals surface area contributed by atoms with E-state index in [4.69, 9.17) is 68.5 Å². The van der Waals surface area contributed by atoms with Gasteiger partial charge >= 0.3 is 5.97 Å². The number of aromatic nitrogens is 7. The van der Waals surface area contributed by atoms with Gasteiger partial charge < -0.3 is 67.0 Å². The Labute approximate surface area is 449 Å². The Morgan fingerprint density at radius 3 is 2.14 bits per heavy atom. The molecule has 6 rings (SSSR count). The number of hydrogen-bond donors (Lipinski definition) is 3. The molecule has 4 unspecified atom stereocenters. The zero-order chi connectivity index (χ0) is 53.6. The van der Waals surface area contributed by atoms with Crippen LogP contribution in [0, 0.1) is 17.5 Å². The van der Waals surface area contributed by atoms with E-state index in [1.807, 2.05) is 18.2 Å². The molecule has 1 fully saturated rings.